The Labute approximate surface area is 121 Å². The fourth-order valence-corrected chi connectivity index (χ4v) is 2.67. The van der Waals surface area contributed by atoms with E-state index in [4.69, 9.17) is 16.3 Å². The van der Waals surface area contributed by atoms with E-state index in [2.05, 4.69) is 17.3 Å². The molecule has 2 unspecified atom stereocenters. The smallest absolute Gasteiger partial charge is 0.0847 e. The number of hydrogen-bond acceptors (Lipinski definition) is 3. The number of halogens is 1. The lowest BCUT2D eigenvalue weighted by Crippen LogP contribution is -2.41. The maximum Gasteiger partial charge on any atom is 0.0847 e. The maximum atomic E-state index is 6.32. The number of aromatic nitrogens is 2. The van der Waals surface area contributed by atoms with Crippen LogP contribution in [-0.4, -0.2) is 35.6 Å². The third-order valence-electron chi connectivity index (χ3n) is 3.45. The minimum atomic E-state index is 0.214. The highest BCUT2D eigenvalue weighted by Crippen LogP contribution is 2.22. The Morgan fingerprint density at radius 1 is 1.42 bits per heavy atom. The van der Waals surface area contributed by atoms with Crippen LogP contribution < -0.4 is 5.32 Å². The van der Waals surface area contributed by atoms with Gasteiger partial charge < -0.3 is 10.1 Å². The minimum Gasteiger partial charge on any atom is -0.377 e. The van der Waals surface area contributed by atoms with Gasteiger partial charge >= 0.3 is 0 Å². The predicted molar refractivity (Wildman–Crippen MR) is 79.8 cm³/mol. The van der Waals surface area contributed by atoms with E-state index in [9.17, 15) is 0 Å². The van der Waals surface area contributed by atoms with Crippen molar-refractivity contribution in [1.29, 1.82) is 0 Å². The van der Waals surface area contributed by atoms with Crippen molar-refractivity contribution in [2.24, 2.45) is 7.05 Å². The summed E-state index contributed by atoms with van der Waals surface area (Å²) in [7, 11) is 3.92. The van der Waals surface area contributed by atoms with Gasteiger partial charge in [0.2, 0.25) is 0 Å². The average Bonchev–Trinajstić information content (AvgIpc) is 2.61. The maximum absolute atomic E-state index is 6.32. The largest absolute Gasteiger partial charge is 0.377 e. The standard InChI is InChI=1S/C14H26ClN3O/c1-6-8-13(19-7-2)11(16-4)9-12-14(15)10(3)17-18(12)5/h11,13,16H,6-9H2,1-5H3. The number of nitrogens with one attached hydrogen (secondary N) is 1. The summed E-state index contributed by atoms with van der Waals surface area (Å²) in [5, 5.41) is 8.50. The molecule has 110 valence electrons. The van der Waals surface area contributed by atoms with Crippen molar-refractivity contribution in [2.45, 2.75) is 52.2 Å². The number of ether oxygens (including phenoxy) is 1. The van der Waals surface area contributed by atoms with E-state index in [-0.39, 0.29) is 12.1 Å². The predicted octanol–water partition coefficient (Wildman–Crippen LogP) is 2.72. The van der Waals surface area contributed by atoms with Crippen LogP contribution in [0.4, 0.5) is 0 Å². The number of rotatable bonds is 8. The lowest BCUT2D eigenvalue weighted by atomic mass is 10.0. The molecule has 0 bridgehead atoms. The fraction of sp³-hybridized carbons (Fsp3) is 0.786. The Morgan fingerprint density at radius 3 is 2.53 bits per heavy atom. The highest BCUT2D eigenvalue weighted by Gasteiger charge is 2.23. The van der Waals surface area contributed by atoms with E-state index in [1.165, 1.54) is 0 Å². The SMILES string of the molecule is CCCC(OCC)C(Cc1c(Cl)c(C)nn1C)NC. The molecule has 19 heavy (non-hydrogen) atoms. The molecule has 0 amide bonds. The second kappa shape index (κ2) is 7.88. The molecule has 1 aromatic rings. The van der Waals surface area contributed by atoms with Gasteiger partial charge in [0.1, 0.15) is 0 Å². The number of likely N-dealkylation sites (N-methyl/N-ethyl adjacent to an activating group) is 1. The number of nitrogens with zero attached hydrogens (tertiary/aromatic N) is 2. The molecule has 1 heterocycles. The number of hydrogen-bond donors (Lipinski definition) is 1. The Balaban J connectivity index is 2.84. The molecular formula is C14H26ClN3O. The molecule has 0 aliphatic heterocycles. The summed E-state index contributed by atoms with van der Waals surface area (Å²) >= 11 is 6.32. The van der Waals surface area contributed by atoms with Crippen molar-refractivity contribution >= 4 is 11.6 Å². The molecule has 0 aliphatic carbocycles. The zero-order valence-electron chi connectivity index (χ0n) is 12.7. The van der Waals surface area contributed by atoms with Gasteiger partial charge in [0.15, 0.2) is 0 Å². The highest BCUT2D eigenvalue weighted by molar-refractivity contribution is 6.31. The second-order valence-electron chi connectivity index (χ2n) is 4.85. The summed E-state index contributed by atoms with van der Waals surface area (Å²) in [4.78, 5) is 0. The van der Waals surface area contributed by atoms with Crippen molar-refractivity contribution in [2.75, 3.05) is 13.7 Å². The quantitative estimate of drug-likeness (QED) is 0.799. The fourth-order valence-electron chi connectivity index (χ4n) is 2.43. The molecule has 0 fully saturated rings. The molecule has 1 aromatic heterocycles. The van der Waals surface area contributed by atoms with Crippen LogP contribution in [0, 0.1) is 6.92 Å². The summed E-state index contributed by atoms with van der Waals surface area (Å²) in [6.45, 7) is 6.89. The van der Waals surface area contributed by atoms with E-state index in [1.807, 2.05) is 32.6 Å². The van der Waals surface area contributed by atoms with E-state index in [0.29, 0.717) is 0 Å². The zero-order valence-corrected chi connectivity index (χ0v) is 13.4. The van der Waals surface area contributed by atoms with Gasteiger partial charge in [0.25, 0.3) is 0 Å². The molecule has 2 atom stereocenters. The van der Waals surface area contributed by atoms with Crippen LogP contribution >= 0.6 is 11.6 Å². The van der Waals surface area contributed by atoms with Crippen LogP contribution in [0.3, 0.4) is 0 Å². The van der Waals surface area contributed by atoms with Crippen LogP contribution in [0.25, 0.3) is 0 Å². The van der Waals surface area contributed by atoms with Crippen LogP contribution in [-0.2, 0) is 18.2 Å². The second-order valence-corrected chi connectivity index (χ2v) is 5.23. The van der Waals surface area contributed by atoms with Gasteiger partial charge in [-0.15, -0.1) is 0 Å². The highest BCUT2D eigenvalue weighted by atomic mass is 35.5. The van der Waals surface area contributed by atoms with E-state index in [0.717, 1.165) is 42.3 Å². The van der Waals surface area contributed by atoms with Crippen LogP contribution in [0.15, 0.2) is 0 Å². The van der Waals surface area contributed by atoms with E-state index >= 15 is 0 Å². The topological polar surface area (TPSA) is 39.1 Å². The minimum absolute atomic E-state index is 0.214. The Kier molecular flexibility index (Phi) is 6.83. The summed E-state index contributed by atoms with van der Waals surface area (Å²) in [6.07, 6.45) is 3.21. The molecule has 1 rings (SSSR count). The first-order valence-corrected chi connectivity index (χ1v) is 7.39. The first-order valence-electron chi connectivity index (χ1n) is 7.01. The molecular weight excluding hydrogens is 262 g/mol. The Hall–Kier alpha value is -0.580. The molecule has 4 nitrogen and oxygen atoms in total. The first-order chi connectivity index (χ1) is 9.04. The van der Waals surface area contributed by atoms with Gasteiger partial charge in [0, 0.05) is 26.1 Å². The molecule has 1 N–H and O–H groups in total. The lowest BCUT2D eigenvalue weighted by Gasteiger charge is -2.26. The summed E-state index contributed by atoms with van der Waals surface area (Å²) in [5.74, 6) is 0. The molecule has 0 saturated heterocycles. The lowest BCUT2D eigenvalue weighted by molar-refractivity contribution is 0.0297. The van der Waals surface area contributed by atoms with E-state index < -0.39 is 0 Å². The molecule has 0 saturated carbocycles. The van der Waals surface area contributed by atoms with Gasteiger partial charge in [-0.25, -0.2) is 0 Å². The molecule has 0 aliphatic rings. The molecule has 5 heteroatoms. The normalized spacial score (nSPS) is 14.6. The summed E-state index contributed by atoms with van der Waals surface area (Å²) in [5.41, 5.74) is 1.96. The van der Waals surface area contributed by atoms with Crippen molar-refractivity contribution in [3.63, 3.8) is 0 Å². The van der Waals surface area contributed by atoms with Crippen LogP contribution in [0.5, 0.6) is 0 Å². The van der Waals surface area contributed by atoms with Crippen molar-refractivity contribution in [3.8, 4) is 0 Å². The Morgan fingerprint density at radius 2 is 2.11 bits per heavy atom. The zero-order chi connectivity index (χ0) is 14.4. The Bertz CT molecular complexity index is 386. The van der Waals surface area contributed by atoms with Gasteiger partial charge in [-0.3, -0.25) is 4.68 Å². The third-order valence-corrected chi connectivity index (χ3v) is 3.94. The average molecular weight is 288 g/mol. The third kappa shape index (κ3) is 4.20. The van der Waals surface area contributed by atoms with Crippen molar-refractivity contribution < 1.29 is 4.74 Å². The van der Waals surface area contributed by atoms with Gasteiger partial charge in [0.05, 0.1) is 22.5 Å². The van der Waals surface area contributed by atoms with Gasteiger partial charge in [-0.05, 0) is 27.3 Å². The summed E-state index contributed by atoms with van der Waals surface area (Å²) < 4.78 is 7.73. The monoisotopic (exact) mass is 287 g/mol. The van der Waals surface area contributed by atoms with Crippen LogP contribution in [0.1, 0.15) is 38.1 Å². The van der Waals surface area contributed by atoms with Crippen molar-refractivity contribution in [1.82, 2.24) is 15.1 Å². The molecule has 0 radical (unpaired) electrons. The molecule has 0 spiro atoms. The van der Waals surface area contributed by atoms with E-state index in [1.54, 1.807) is 0 Å². The first kappa shape index (κ1) is 16.5. The van der Waals surface area contributed by atoms with Gasteiger partial charge in [-0.2, -0.15) is 5.10 Å². The molecule has 0 aromatic carbocycles. The number of aryl methyl sites for hydroxylation is 2. The van der Waals surface area contributed by atoms with Crippen LogP contribution in [0.2, 0.25) is 5.02 Å². The summed E-state index contributed by atoms with van der Waals surface area (Å²) in [6, 6.07) is 0.257. The van der Waals surface area contributed by atoms with Crippen molar-refractivity contribution in [3.05, 3.63) is 16.4 Å². The van der Waals surface area contributed by atoms with Gasteiger partial charge in [-0.1, -0.05) is 24.9 Å².